The summed E-state index contributed by atoms with van der Waals surface area (Å²) in [5.74, 6) is 1.31. The highest BCUT2D eigenvalue weighted by Gasteiger charge is 2.11. The van der Waals surface area contributed by atoms with Gasteiger partial charge in [0, 0.05) is 17.0 Å². The summed E-state index contributed by atoms with van der Waals surface area (Å²) in [5.41, 5.74) is 2.92. The number of nitrogens with zero attached hydrogens (tertiary/aromatic N) is 2. The highest BCUT2D eigenvalue weighted by Crippen LogP contribution is 2.30. The molecule has 0 fully saturated rings. The maximum Gasteiger partial charge on any atom is 0.234 e. The highest BCUT2D eigenvalue weighted by molar-refractivity contribution is 8.03. The lowest BCUT2D eigenvalue weighted by Crippen LogP contribution is -2.14. The smallest absolute Gasteiger partial charge is 0.234 e. The SMILES string of the molecule is CCCSc1nnc(SCC(=O)Nc2ccccc2-c2ccccc2)s1. The zero-order chi connectivity index (χ0) is 18.2. The van der Waals surface area contributed by atoms with E-state index in [4.69, 9.17) is 0 Å². The van der Waals surface area contributed by atoms with Gasteiger partial charge in [0.2, 0.25) is 5.91 Å². The van der Waals surface area contributed by atoms with Gasteiger partial charge in [-0.25, -0.2) is 0 Å². The highest BCUT2D eigenvalue weighted by atomic mass is 32.2. The Hall–Kier alpha value is -1.83. The molecule has 0 radical (unpaired) electrons. The minimum Gasteiger partial charge on any atom is -0.325 e. The number of rotatable bonds is 8. The average Bonchev–Trinajstić information content (AvgIpc) is 3.14. The molecule has 0 atom stereocenters. The van der Waals surface area contributed by atoms with Crippen LogP contribution in [0.25, 0.3) is 11.1 Å². The fourth-order valence-corrected chi connectivity index (χ4v) is 5.02. The summed E-state index contributed by atoms with van der Waals surface area (Å²) < 4.78 is 1.79. The van der Waals surface area contributed by atoms with Crippen LogP contribution in [0.1, 0.15) is 13.3 Å². The Morgan fingerprint density at radius 1 is 1.00 bits per heavy atom. The van der Waals surface area contributed by atoms with Crippen LogP contribution < -0.4 is 5.32 Å². The molecule has 0 saturated carbocycles. The molecule has 0 aliphatic carbocycles. The molecule has 1 aromatic heterocycles. The van der Waals surface area contributed by atoms with Crippen LogP contribution in [0.5, 0.6) is 0 Å². The first-order valence-corrected chi connectivity index (χ1v) is 11.1. The van der Waals surface area contributed by atoms with Crippen molar-refractivity contribution in [3.63, 3.8) is 0 Å². The third-order valence-corrected chi connectivity index (χ3v) is 6.83. The predicted molar refractivity (Wildman–Crippen MR) is 112 cm³/mol. The molecule has 0 aliphatic heterocycles. The molecular formula is C19H19N3OS3. The zero-order valence-corrected chi connectivity index (χ0v) is 16.8. The molecule has 4 nitrogen and oxygen atoms in total. The normalized spacial score (nSPS) is 10.7. The van der Waals surface area contributed by atoms with Crippen LogP contribution in [0, 0.1) is 0 Å². The van der Waals surface area contributed by atoms with Gasteiger partial charge in [0.15, 0.2) is 8.68 Å². The van der Waals surface area contributed by atoms with Gasteiger partial charge in [-0.15, -0.1) is 10.2 Å². The van der Waals surface area contributed by atoms with Crippen molar-refractivity contribution < 1.29 is 4.79 Å². The number of nitrogens with one attached hydrogen (secondary N) is 1. The first-order valence-electron chi connectivity index (χ1n) is 8.29. The largest absolute Gasteiger partial charge is 0.325 e. The molecule has 0 spiro atoms. The van der Waals surface area contributed by atoms with E-state index in [1.54, 1.807) is 23.1 Å². The van der Waals surface area contributed by atoms with Gasteiger partial charge in [0.05, 0.1) is 5.75 Å². The van der Waals surface area contributed by atoms with E-state index in [2.05, 4.69) is 22.4 Å². The Bertz CT molecular complexity index is 852. The van der Waals surface area contributed by atoms with Gasteiger partial charge in [-0.1, -0.05) is 90.3 Å². The van der Waals surface area contributed by atoms with Crippen LogP contribution in [0.4, 0.5) is 5.69 Å². The number of carbonyl (C=O) groups excluding carboxylic acids is 1. The molecule has 0 saturated heterocycles. The van der Waals surface area contributed by atoms with E-state index in [9.17, 15) is 4.79 Å². The summed E-state index contributed by atoms with van der Waals surface area (Å²) in [6, 6.07) is 17.9. The van der Waals surface area contributed by atoms with Crippen molar-refractivity contribution in [2.75, 3.05) is 16.8 Å². The molecule has 0 unspecified atom stereocenters. The molecule has 0 aliphatic rings. The average molecular weight is 402 g/mol. The molecule has 26 heavy (non-hydrogen) atoms. The second-order valence-electron chi connectivity index (χ2n) is 5.43. The number of carbonyl (C=O) groups is 1. The van der Waals surface area contributed by atoms with Gasteiger partial charge in [0.1, 0.15) is 0 Å². The van der Waals surface area contributed by atoms with Crippen molar-refractivity contribution >= 4 is 46.5 Å². The molecule has 1 heterocycles. The predicted octanol–water partition coefficient (Wildman–Crippen LogP) is 5.44. The number of amides is 1. The molecule has 2 aromatic carbocycles. The lowest BCUT2D eigenvalue weighted by Gasteiger charge is -2.10. The summed E-state index contributed by atoms with van der Waals surface area (Å²) in [6.07, 6.45) is 1.11. The number of para-hydroxylation sites is 1. The number of hydrogen-bond acceptors (Lipinski definition) is 6. The van der Waals surface area contributed by atoms with Crippen LogP contribution in [-0.4, -0.2) is 27.6 Å². The monoisotopic (exact) mass is 401 g/mol. The van der Waals surface area contributed by atoms with Gasteiger partial charge < -0.3 is 5.32 Å². The lowest BCUT2D eigenvalue weighted by molar-refractivity contribution is -0.113. The summed E-state index contributed by atoms with van der Waals surface area (Å²) in [5, 5.41) is 11.3. The molecule has 1 amide bonds. The molecule has 134 valence electrons. The number of thioether (sulfide) groups is 2. The molecule has 3 rings (SSSR count). The second kappa shape index (κ2) is 9.75. The van der Waals surface area contributed by atoms with Crippen molar-refractivity contribution in [1.82, 2.24) is 10.2 Å². The van der Waals surface area contributed by atoms with Gasteiger partial charge in [-0.05, 0) is 18.1 Å². The number of anilines is 1. The van der Waals surface area contributed by atoms with Gasteiger partial charge in [-0.3, -0.25) is 4.79 Å². The number of hydrogen-bond donors (Lipinski definition) is 1. The van der Waals surface area contributed by atoms with Gasteiger partial charge in [-0.2, -0.15) is 0 Å². The molecule has 3 aromatic rings. The summed E-state index contributed by atoms with van der Waals surface area (Å²) in [6.45, 7) is 2.14. The van der Waals surface area contributed by atoms with E-state index >= 15 is 0 Å². The van der Waals surface area contributed by atoms with Crippen LogP contribution in [0.2, 0.25) is 0 Å². The summed E-state index contributed by atoms with van der Waals surface area (Å²) >= 11 is 4.68. The van der Waals surface area contributed by atoms with Crippen molar-refractivity contribution in [1.29, 1.82) is 0 Å². The van der Waals surface area contributed by atoms with Crippen molar-refractivity contribution in [3.8, 4) is 11.1 Å². The number of benzene rings is 2. The van der Waals surface area contributed by atoms with Crippen LogP contribution in [-0.2, 0) is 4.79 Å². The first-order chi connectivity index (χ1) is 12.8. The maximum atomic E-state index is 12.4. The minimum absolute atomic E-state index is 0.0451. The molecule has 1 N–H and O–H groups in total. The molecule has 0 bridgehead atoms. The Labute approximate surface area is 165 Å². The minimum atomic E-state index is -0.0451. The molecule has 7 heteroatoms. The van der Waals surface area contributed by atoms with E-state index in [0.717, 1.165) is 37.7 Å². The first kappa shape index (κ1) is 18.9. The quantitative estimate of drug-likeness (QED) is 0.510. The molecular weight excluding hydrogens is 382 g/mol. The van der Waals surface area contributed by atoms with E-state index in [1.165, 1.54) is 11.8 Å². The maximum absolute atomic E-state index is 12.4. The van der Waals surface area contributed by atoms with Crippen molar-refractivity contribution in [3.05, 3.63) is 54.6 Å². The Morgan fingerprint density at radius 2 is 1.69 bits per heavy atom. The van der Waals surface area contributed by atoms with Crippen LogP contribution >= 0.6 is 34.9 Å². The zero-order valence-electron chi connectivity index (χ0n) is 14.3. The van der Waals surface area contributed by atoms with E-state index in [0.29, 0.717) is 5.75 Å². The number of aromatic nitrogens is 2. The Morgan fingerprint density at radius 3 is 2.46 bits per heavy atom. The van der Waals surface area contributed by atoms with Crippen molar-refractivity contribution in [2.45, 2.75) is 22.0 Å². The van der Waals surface area contributed by atoms with E-state index in [1.807, 2.05) is 54.6 Å². The topological polar surface area (TPSA) is 54.9 Å². The Balaban J connectivity index is 1.60. The van der Waals surface area contributed by atoms with Crippen molar-refractivity contribution in [2.24, 2.45) is 0 Å². The Kier molecular flexibility index (Phi) is 7.11. The third kappa shape index (κ3) is 5.33. The van der Waals surface area contributed by atoms with E-state index in [-0.39, 0.29) is 5.91 Å². The fraction of sp³-hybridized carbons (Fsp3) is 0.211. The summed E-state index contributed by atoms with van der Waals surface area (Å²) in [4.78, 5) is 12.4. The fourth-order valence-electron chi connectivity index (χ4n) is 2.28. The van der Waals surface area contributed by atoms with Gasteiger partial charge in [0.25, 0.3) is 0 Å². The van der Waals surface area contributed by atoms with Crippen LogP contribution in [0.3, 0.4) is 0 Å². The second-order valence-corrected chi connectivity index (χ2v) is 8.97. The van der Waals surface area contributed by atoms with Crippen LogP contribution in [0.15, 0.2) is 63.3 Å². The van der Waals surface area contributed by atoms with E-state index < -0.39 is 0 Å². The standard InChI is InChI=1S/C19H19N3OS3/c1-2-12-24-18-21-22-19(26-18)25-13-17(23)20-16-11-7-6-10-15(16)14-8-4-3-5-9-14/h3-11H,2,12-13H2,1H3,(H,20,23). The van der Waals surface area contributed by atoms with Gasteiger partial charge >= 0.3 is 0 Å². The third-order valence-electron chi connectivity index (χ3n) is 3.43. The summed E-state index contributed by atoms with van der Waals surface area (Å²) in [7, 11) is 0. The lowest BCUT2D eigenvalue weighted by atomic mass is 10.0.